The monoisotopic (exact) mass is 650 g/mol. The Morgan fingerprint density at radius 2 is 1.29 bits per heavy atom. The number of fused-ring (bicyclic) bond motifs is 7. The molecule has 49 heavy (non-hydrogen) atoms. The predicted molar refractivity (Wildman–Crippen MR) is 199 cm³/mol. The summed E-state index contributed by atoms with van der Waals surface area (Å²) in [5, 5.41) is 1.12. The topological polar surface area (TPSA) is 55.1 Å². The van der Waals surface area contributed by atoms with Crippen LogP contribution in [0.25, 0.3) is 57.3 Å². The maximum absolute atomic E-state index is 6.30. The quantitative estimate of drug-likeness (QED) is 0.189. The van der Waals surface area contributed by atoms with Gasteiger partial charge in [-0.1, -0.05) is 90.7 Å². The predicted octanol–water partition coefficient (Wildman–Crippen LogP) is 11.5. The summed E-state index contributed by atoms with van der Waals surface area (Å²) in [6, 6.07) is 38.3. The van der Waals surface area contributed by atoms with E-state index in [-0.39, 0.29) is 0 Å². The van der Waals surface area contributed by atoms with Crippen LogP contribution in [-0.2, 0) is 12.8 Å². The van der Waals surface area contributed by atoms with E-state index in [0.29, 0.717) is 17.5 Å². The number of para-hydroxylation sites is 1. The molecule has 0 bridgehead atoms. The Morgan fingerprint density at radius 1 is 0.592 bits per heavy atom. The highest BCUT2D eigenvalue weighted by atomic mass is 32.2. The molecule has 5 nitrogen and oxygen atoms in total. The van der Waals surface area contributed by atoms with Gasteiger partial charge in [-0.15, -0.1) is 0 Å². The van der Waals surface area contributed by atoms with Crippen molar-refractivity contribution in [1.29, 1.82) is 0 Å². The summed E-state index contributed by atoms with van der Waals surface area (Å²) >= 11 is 1.87. The summed E-state index contributed by atoms with van der Waals surface area (Å²) in [6.45, 7) is 0. The molecule has 0 atom stereocenters. The molecule has 0 N–H and O–H groups in total. The van der Waals surface area contributed by atoms with Gasteiger partial charge in [-0.2, -0.15) is 0 Å². The van der Waals surface area contributed by atoms with Crippen LogP contribution in [0.4, 0.5) is 17.1 Å². The van der Waals surface area contributed by atoms with Gasteiger partial charge in [0.1, 0.15) is 11.3 Å². The van der Waals surface area contributed by atoms with Gasteiger partial charge in [0.2, 0.25) is 0 Å². The second kappa shape index (κ2) is 11.5. The minimum atomic E-state index is 0.619. The van der Waals surface area contributed by atoms with Crippen LogP contribution in [0.15, 0.2) is 136 Å². The molecule has 2 aromatic heterocycles. The van der Waals surface area contributed by atoms with Gasteiger partial charge in [0.05, 0.1) is 11.4 Å². The lowest BCUT2D eigenvalue weighted by Gasteiger charge is -2.34. The number of hydrogen-bond acceptors (Lipinski definition) is 6. The minimum Gasteiger partial charge on any atom is -0.460 e. The van der Waals surface area contributed by atoms with Crippen molar-refractivity contribution < 1.29 is 4.42 Å². The van der Waals surface area contributed by atoms with Crippen LogP contribution < -0.4 is 4.90 Å². The van der Waals surface area contributed by atoms with Gasteiger partial charge in [-0.3, -0.25) is 0 Å². The van der Waals surface area contributed by atoms with E-state index in [1.165, 1.54) is 37.9 Å². The summed E-state index contributed by atoms with van der Waals surface area (Å²) in [5.74, 6) is 2.94. The van der Waals surface area contributed by atoms with Crippen LogP contribution in [0.3, 0.4) is 0 Å². The average Bonchev–Trinajstić information content (AvgIpc) is 3.55. The molecule has 3 heterocycles. The Labute approximate surface area is 288 Å². The zero-order valence-corrected chi connectivity index (χ0v) is 27.5. The molecule has 0 saturated heterocycles. The second-order valence-electron chi connectivity index (χ2n) is 12.6. The number of nitrogens with zero attached hydrogens (tertiary/aromatic N) is 4. The maximum Gasteiger partial charge on any atom is 0.164 e. The molecule has 0 amide bonds. The van der Waals surface area contributed by atoms with Crippen molar-refractivity contribution in [3.05, 3.63) is 144 Å². The summed E-state index contributed by atoms with van der Waals surface area (Å²) in [6.07, 6.45) is 13.1. The Morgan fingerprint density at radius 3 is 2.12 bits per heavy atom. The summed E-state index contributed by atoms with van der Waals surface area (Å²) < 4.78 is 6.30. The minimum absolute atomic E-state index is 0.619. The van der Waals surface area contributed by atoms with Crippen LogP contribution in [0.5, 0.6) is 0 Å². The van der Waals surface area contributed by atoms with Crippen LogP contribution in [0.2, 0.25) is 0 Å². The fraction of sp³-hybridized carbons (Fsp3) is 0.0930. The molecule has 2 aliphatic carbocycles. The van der Waals surface area contributed by atoms with Crippen LogP contribution in [-0.4, -0.2) is 15.0 Å². The van der Waals surface area contributed by atoms with Gasteiger partial charge in [-0.05, 0) is 85.0 Å². The third-order valence-electron chi connectivity index (χ3n) is 9.63. The second-order valence-corrected chi connectivity index (χ2v) is 13.7. The van der Waals surface area contributed by atoms with Crippen molar-refractivity contribution in [3.63, 3.8) is 0 Å². The number of anilines is 3. The van der Waals surface area contributed by atoms with Gasteiger partial charge in [-0.25, -0.2) is 15.0 Å². The zero-order chi connectivity index (χ0) is 32.3. The lowest BCUT2D eigenvalue weighted by molar-refractivity contribution is 0.546. The van der Waals surface area contributed by atoms with Gasteiger partial charge < -0.3 is 9.32 Å². The molecule has 0 radical (unpaired) electrons. The van der Waals surface area contributed by atoms with Gasteiger partial charge in [0, 0.05) is 49.5 Å². The fourth-order valence-corrected chi connectivity index (χ4v) is 8.40. The molecule has 234 valence electrons. The fourth-order valence-electron chi connectivity index (χ4n) is 7.20. The highest BCUT2D eigenvalue weighted by Crippen LogP contribution is 2.53. The molecule has 0 fully saturated rings. The SMILES string of the molecule is C1=Cc2c(ccc3c2Sc2ccccc2N3c2ccc(-c3nc(-c4ccccc4)nc(-c4ccc5c6c(oc5c4)CCC=C6)n3)cc2)CC1. The van der Waals surface area contributed by atoms with Crippen molar-refractivity contribution in [2.45, 2.75) is 35.5 Å². The molecule has 0 spiro atoms. The van der Waals surface area contributed by atoms with E-state index in [9.17, 15) is 0 Å². The Balaban J connectivity index is 1.07. The van der Waals surface area contributed by atoms with Crippen molar-refractivity contribution in [1.82, 2.24) is 15.0 Å². The number of furan rings is 1. The molecular formula is C43H30N4OS. The number of aromatic nitrogens is 3. The van der Waals surface area contributed by atoms with Crippen LogP contribution in [0, 0.1) is 0 Å². The number of benzene rings is 5. The molecule has 1 aliphatic heterocycles. The highest BCUT2D eigenvalue weighted by molar-refractivity contribution is 7.99. The molecular weight excluding hydrogens is 621 g/mol. The molecule has 6 heteroatoms. The van der Waals surface area contributed by atoms with E-state index in [2.05, 4.69) is 108 Å². The number of rotatable bonds is 4. The van der Waals surface area contributed by atoms with Crippen molar-refractivity contribution in [3.8, 4) is 34.2 Å². The lowest BCUT2D eigenvalue weighted by atomic mass is 9.96. The Kier molecular flexibility index (Phi) is 6.62. The smallest absolute Gasteiger partial charge is 0.164 e. The number of aryl methyl sites for hydroxylation is 2. The van der Waals surface area contributed by atoms with E-state index in [1.807, 2.05) is 42.1 Å². The first-order chi connectivity index (χ1) is 24.3. The van der Waals surface area contributed by atoms with Gasteiger partial charge in [0.15, 0.2) is 17.5 Å². The van der Waals surface area contributed by atoms with Crippen LogP contribution in [0.1, 0.15) is 35.3 Å². The molecule has 5 aromatic carbocycles. The maximum atomic E-state index is 6.30. The Hall–Kier alpha value is -5.72. The van der Waals surface area contributed by atoms with Crippen LogP contribution >= 0.6 is 11.8 Å². The van der Waals surface area contributed by atoms with E-state index in [4.69, 9.17) is 19.4 Å². The first kappa shape index (κ1) is 28.3. The molecule has 10 rings (SSSR count). The third-order valence-corrected chi connectivity index (χ3v) is 10.8. The van der Waals surface area contributed by atoms with E-state index in [0.717, 1.165) is 64.8 Å². The van der Waals surface area contributed by atoms with E-state index < -0.39 is 0 Å². The molecule has 0 unspecified atom stereocenters. The zero-order valence-electron chi connectivity index (χ0n) is 26.6. The Bertz CT molecular complexity index is 2480. The first-order valence-electron chi connectivity index (χ1n) is 16.8. The number of allylic oxidation sites excluding steroid dienone is 2. The molecule has 3 aliphatic rings. The lowest BCUT2D eigenvalue weighted by Crippen LogP contribution is -2.16. The summed E-state index contributed by atoms with van der Waals surface area (Å²) in [7, 11) is 0. The van der Waals surface area contributed by atoms with Gasteiger partial charge in [0.25, 0.3) is 0 Å². The first-order valence-corrected chi connectivity index (χ1v) is 17.6. The summed E-state index contributed by atoms with van der Waals surface area (Å²) in [4.78, 5) is 20.0. The van der Waals surface area contributed by atoms with E-state index in [1.54, 1.807) is 0 Å². The van der Waals surface area contributed by atoms with E-state index >= 15 is 0 Å². The molecule has 7 aromatic rings. The van der Waals surface area contributed by atoms with Crippen molar-refractivity contribution >= 4 is 51.9 Å². The standard InChI is InChI=1S/C43H30N4OS/c1-2-11-28(12-3-1)41-44-42(46-43(45-41)30-20-24-34-33-14-6-8-16-37(33)48-38(34)26-30)29-18-22-31(23-19-29)47-35-15-7-9-17-39(35)49-40-32-13-5-4-10-27(32)21-25-36(40)47/h1-3,5-7,9,11-15,17-26H,4,8,10,16H2. The largest absolute Gasteiger partial charge is 0.460 e. The summed E-state index contributed by atoms with van der Waals surface area (Å²) in [5.41, 5.74) is 11.1. The molecule has 0 saturated carbocycles. The van der Waals surface area contributed by atoms with Crippen molar-refractivity contribution in [2.24, 2.45) is 0 Å². The average molecular weight is 651 g/mol. The third kappa shape index (κ3) is 4.82. The normalized spacial score (nSPS) is 14.3. The van der Waals surface area contributed by atoms with Crippen molar-refractivity contribution in [2.75, 3.05) is 4.90 Å². The highest BCUT2D eigenvalue weighted by Gasteiger charge is 2.28. The number of hydrogen-bond donors (Lipinski definition) is 0. The van der Waals surface area contributed by atoms with Gasteiger partial charge >= 0.3 is 0 Å².